The quantitative estimate of drug-likeness (QED) is 0.635. The average Bonchev–Trinajstić information content (AvgIpc) is 2.78. The lowest BCUT2D eigenvalue weighted by Crippen LogP contribution is -2.49. The third kappa shape index (κ3) is 6.14. The van der Waals surface area contributed by atoms with E-state index in [0.717, 1.165) is 16.9 Å². The molecule has 7 heteroatoms. The highest BCUT2D eigenvalue weighted by molar-refractivity contribution is 6.30. The van der Waals surface area contributed by atoms with Crippen LogP contribution in [-0.2, 0) is 22.6 Å². The molecule has 31 heavy (non-hydrogen) atoms. The Morgan fingerprint density at radius 1 is 1.03 bits per heavy atom. The first-order valence-corrected chi connectivity index (χ1v) is 11.1. The molecule has 0 saturated carbocycles. The Morgan fingerprint density at radius 3 is 2.39 bits per heavy atom. The van der Waals surface area contributed by atoms with Crippen molar-refractivity contribution >= 4 is 23.4 Å². The van der Waals surface area contributed by atoms with Gasteiger partial charge in [0.15, 0.2) is 11.5 Å². The van der Waals surface area contributed by atoms with E-state index >= 15 is 0 Å². The van der Waals surface area contributed by atoms with E-state index < -0.39 is 6.04 Å². The van der Waals surface area contributed by atoms with E-state index in [1.165, 1.54) is 0 Å². The zero-order chi connectivity index (χ0) is 22.2. The summed E-state index contributed by atoms with van der Waals surface area (Å²) in [5.41, 5.74) is 1.93. The molecule has 2 aromatic rings. The van der Waals surface area contributed by atoms with Crippen LogP contribution in [0.1, 0.15) is 37.8 Å². The molecule has 0 fully saturated rings. The van der Waals surface area contributed by atoms with E-state index in [1.807, 2.05) is 44.2 Å². The second-order valence-electron chi connectivity index (χ2n) is 7.44. The van der Waals surface area contributed by atoms with Gasteiger partial charge in [0.05, 0.1) is 0 Å². The number of rotatable bonds is 9. The van der Waals surface area contributed by atoms with Crippen LogP contribution in [0.4, 0.5) is 0 Å². The monoisotopic (exact) mass is 444 g/mol. The second-order valence-corrected chi connectivity index (χ2v) is 7.88. The molecule has 0 saturated heterocycles. The van der Waals surface area contributed by atoms with Crippen LogP contribution in [0.2, 0.25) is 5.02 Å². The molecule has 1 aliphatic rings. The van der Waals surface area contributed by atoms with Crippen molar-refractivity contribution in [1.29, 1.82) is 0 Å². The van der Waals surface area contributed by atoms with Crippen molar-refractivity contribution < 1.29 is 19.1 Å². The maximum atomic E-state index is 13.2. The molecular weight excluding hydrogens is 416 g/mol. The summed E-state index contributed by atoms with van der Waals surface area (Å²) >= 11 is 6.00. The van der Waals surface area contributed by atoms with E-state index in [-0.39, 0.29) is 11.8 Å². The minimum Gasteiger partial charge on any atom is -0.486 e. The fourth-order valence-electron chi connectivity index (χ4n) is 3.64. The van der Waals surface area contributed by atoms with Gasteiger partial charge in [0.1, 0.15) is 19.3 Å². The predicted molar refractivity (Wildman–Crippen MR) is 121 cm³/mol. The van der Waals surface area contributed by atoms with Crippen molar-refractivity contribution in [1.82, 2.24) is 10.2 Å². The van der Waals surface area contributed by atoms with Crippen molar-refractivity contribution in [2.75, 3.05) is 19.8 Å². The first-order chi connectivity index (χ1) is 15.0. The van der Waals surface area contributed by atoms with Gasteiger partial charge >= 0.3 is 0 Å². The summed E-state index contributed by atoms with van der Waals surface area (Å²) in [6.45, 7) is 5.74. The van der Waals surface area contributed by atoms with Crippen molar-refractivity contribution in [2.45, 2.75) is 45.7 Å². The van der Waals surface area contributed by atoms with E-state index in [0.29, 0.717) is 56.3 Å². The van der Waals surface area contributed by atoms with Crippen LogP contribution in [0.5, 0.6) is 11.5 Å². The molecule has 1 unspecified atom stereocenters. The highest BCUT2D eigenvalue weighted by Gasteiger charge is 2.28. The van der Waals surface area contributed by atoms with Gasteiger partial charge in [-0.05, 0) is 55.2 Å². The summed E-state index contributed by atoms with van der Waals surface area (Å²) < 4.78 is 11.2. The molecule has 1 aliphatic heterocycles. The number of hydrogen-bond donors (Lipinski definition) is 1. The number of nitrogens with one attached hydrogen (secondary N) is 1. The van der Waals surface area contributed by atoms with E-state index in [4.69, 9.17) is 21.1 Å². The van der Waals surface area contributed by atoms with E-state index in [2.05, 4.69) is 5.32 Å². The number of aryl methyl sites for hydroxylation is 1. The number of benzene rings is 2. The Bertz CT molecular complexity index is 901. The summed E-state index contributed by atoms with van der Waals surface area (Å²) in [5, 5.41) is 3.49. The van der Waals surface area contributed by atoms with Crippen molar-refractivity contribution in [2.24, 2.45) is 0 Å². The zero-order valence-corrected chi connectivity index (χ0v) is 18.8. The number of fused-ring (bicyclic) bond motifs is 1. The fraction of sp³-hybridized carbons (Fsp3) is 0.417. The van der Waals surface area contributed by atoms with Crippen molar-refractivity contribution in [3.63, 3.8) is 0 Å². The first-order valence-electron chi connectivity index (χ1n) is 10.7. The van der Waals surface area contributed by atoms with Gasteiger partial charge in [0, 0.05) is 24.5 Å². The molecule has 0 spiro atoms. The van der Waals surface area contributed by atoms with Crippen LogP contribution >= 0.6 is 11.6 Å². The third-order valence-electron chi connectivity index (χ3n) is 5.24. The Labute approximate surface area is 188 Å². The lowest BCUT2D eigenvalue weighted by molar-refractivity contribution is -0.141. The smallest absolute Gasteiger partial charge is 0.242 e. The third-order valence-corrected chi connectivity index (χ3v) is 5.49. The molecular formula is C24H29ClN2O4. The van der Waals surface area contributed by atoms with Gasteiger partial charge in [-0.1, -0.05) is 36.7 Å². The number of likely N-dealkylation sites (N-methyl/N-ethyl adjacent to an activating group) is 1. The van der Waals surface area contributed by atoms with Crippen LogP contribution < -0.4 is 14.8 Å². The largest absolute Gasteiger partial charge is 0.486 e. The van der Waals surface area contributed by atoms with Crippen molar-refractivity contribution in [3.05, 3.63) is 58.6 Å². The minimum atomic E-state index is -0.525. The highest BCUT2D eigenvalue weighted by atomic mass is 35.5. The lowest BCUT2D eigenvalue weighted by atomic mass is 10.1. The maximum absolute atomic E-state index is 13.2. The minimum absolute atomic E-state index is 0.0667. The molecule has 166 valence electrons. The number of halogens is 1. The standard InChI is InChI=1S/C24H29ClN2O4/c1-3-20(24(29)26-4-2)27(16-18-5-9-19(25)10-6-18)23(28)12-8-17-7-11-21-22(15-17)31-14-13-30-21/h5-7,9-11,15,20H,3-4,8,12-14,16H2,1-2H3,(H,26,29). The van der Waals surface area contributed by atoms with Gasteiger partial charge in [-0.15, -0.1) is 0 Å². The van der Waals surface area contributed by atoms with Crippen LogP contribution in [0, 0.1) is 0 Å². The topological polar surface area (TPSA) is 67.9 Å². The average molecular weight is 445 g/mol. The molecule has 1 heterocycles. The molecule has 0 aromatic heterocycles. The molecule has 6 nitrogen and oxygen atoms in total. The van der Waals surface area contributed by atoms with Gasteiger partial charge in [-0.3, -0.25) is 9.59 Å². The maximum Gasteiger partial charge on any atom is 0.242 e. The molecule has 2 aromatic carbocycles. The van der Waals surface area contributed by atoms with Crippen LogP contribution in [0.3, 0.4) is 0 Å². The van der Waals surface area contributed by atoms with E-state index in [1.54, 1.807) is 17.0 Å². The van der Waals surface area contributed by atoms with Gasteiger partial charge < -0.3 is 19.7 Å². The molecule has 3 rings (SSSR count). The Hall–Kier alpha value is -2.73. The SMILES string of the molecule is CCNC(=O)C(CC)N(Cc1ccc(Cl)cc1)C(=O)CCc1ccc2c(c1)OCCO2. The summed E-state index contributed by atoms with van der Waals surface area (Å²) in [7, 11) is 0. The fourth-order valence-corrected chi connectivity index (χ4v) is 3.76. The molecule has 2 amide bonds. The summed E-state index contributed by atoms with van der Waals surface area (Å²) in [5.74, 6) is 1.24. The van der Waals surface area contributed by atoms with Crippen LogP contribution in [0.25, 0.3) is 0 Å². The molecule has 1 atom stereocenters. The van der Waals surface area contributed by atoms with Gasteiger partial charge in [0.2, 0.25) is 11.8 Å². The van der Waals surface area contributed by atoms with Gasteiger partial charge in [-0.25, -0.2) is 0 Å². The highest BCUT2D eigenvalue weighted by Crippen LogP contribution is 2.31. The van der Waals surface area contributed by atoms with E-state index in [9.17, 15) is 9.59 Å². The molecule has 1 N–H and O–H groups in total. The number of amides is 2. The Morgan fingerprint density at radius 2 is 1.71 bits per heavy atom. The Balaban J connectivity index is 1.74. The van der Waals surface area contributed by atoms with Gasteiger partial charge in [0.25, 0.3) is 0 Å². The number of carbonyl (C=O) groups is 2. The zero-order valence-electron chi connectivity index (χ0n) is 18.0. The number of ether oxygens (including phenoxy) is 2. The second kappa shape index (κ2) is 11.0. The van der Waals surface area contributed by atoms with Crippen molar-refractivity contribution in [3.8, 4) is 11.5 Å². The Kier molecular flexibility index (Phi) is 8.18. The van der Waals surface area contributed by atoms with Crippen LogP contribution in [0.15, 0.2) is 42.5 Å². The predicted octanol–water partition coefficient (Wildman–Crippen LogP) is 3.99. The van der Waals surface area contributed by atoms with Crippen LogP contribution in [-0.4, -0.2) is 42.5 Å². The number of hydrogen-bond acceptors (Lipinski definition) is 4. The molecule has 0 aliphatic carbocycles. The van der Waals surface area contributed by atoms with Gasteiger partial charge in [-0.2, -0.15) is 0 Å². The summed E-state index contributed by atoms with van der Waals surface area (Å²) in [4.78, 5) is 27.6. The molecule has 0 radical (unpaired) electrons. The lowest BCUT2D eigenvalue weighted by Gasteiger charge is -2.30. The number of nitrogens with zero attached hydrogens (tertiary/aromatic N) is 1. The summed E-state index contributed by atoms with van der Waals surface area (Å²) in [6.07, 6.45) is 1.39. The molecule has 0 bridgehead atoms. The normalized spacial score (nSPS) is 13.4. The summed E-state index contributed by atoms with van der Waals surface area (Å²) in [6, 6.07) is 12.6. The first kappa shape index (κ1) is 22.9. The number of carbonyl (C=O) groups excluding carboxylic acids is 2.